The highest BCUT2D eigenvalue weighted by Crippen LogP contribution is 2.17. The maximum absolute atomic E-state index is 12.1. The van der Waals surface area contributed by atoms with Gasteiger partial charge in [0.05, 0.1) is 5.69 Å². The Kier molecular flexibility index (Phi) is 5.27. The van der Waals surface area contributed by atoms with Crippen molar-refractivity contribution in [2.75, 3.05) is 16.9 Å². The smallest absolute Gasteiger partial charge is 0.312 e. The second-order valence-corrected chi connectivity index (χ2v) is 4.42. The topological polar surface area (TPSA) is 83.9 Å². The zero-order chi connectivity index (χ0) is 15.4. The number of rotatable bonds is 3. The summed E-state index contributed by atoms with van der Waals surface area (Å²) in [4.78, 5) is 27.9. The monoisotopic (exact) mass is 332 g/mol. The number of amides is 2. The largest absolute Gasteiger partial charge is 0.463 e. The lowest BCUT2D eigenvalue weighted by Gasteiger charge is -2.23. The molecule has 1 aromatic carbocycles. The van der Waals surface area contributed by atoms with Crippen molar-refractivity contribution in [2.24, 2.45) is 5.10 Å². The maximum atomic E-state index is 12.1. The Hall–Kier alpha value is -2.93. The van der Waals surface area contributed by atoms with Gasteiger partial charge in [0.25, 0.3) is 11.8 Å². The van der Waals surface area contributed by atoms with Crippen LogP contribution in [0.4, 0.5) is 11.4 Å². The van der Waals surface area contributed by atoms with Crippen LogP contribution in [0.3, 0.4) is 0 Å². The van der Waals surface area contributed by atoms with Crippen molar-refractivity contribution in [3.63, 3.8) is 0 Å². The van der Waals surface area contributed by atoms with Crippen LogP contribution >= 0.6 is 12.4 Å². The fourth-order valence-electron chi connectivity index (χ4n) is 1.87. The molecule has 1 aliphatic heterocycles. The SMILES string of the molecule is Cl.O=C(Nc1ccncc1)C1=NN(c2ccccc2)C(=O)CO1. The van der Waals surface area contributed by atoms with Crippen LogP contribution in [0.1, 0.15) is 0 Å². The van der Waals surface area contributed by atoms with Crippen molar-refractivity contribution in [1.29, 1.82) is 0 Å². The number of nitrogens with one attached hydrogen (secondary N) is 1. The normalized spacial score (nSPS) is 13.5. The van der Waals surface area contributed by atoms with Crippen molar-refractivity contribution in [2.45, 2.75) is 0 Å². The summed E-state index contributed by atoms with van der Waals surface area (Å²) in [6.07, 6.45) is 3.11. The number of carbonyl (C=O) groups excluding carboxylic acids is 2. The van der Waals surface area contributed by atoms with Gasteiger partial charge in [0.1, 0.15) is 0 Å². The summed E-state index contributed by atoms with van der Waals surface area (Å²) in [6, 6.07) is 12.1. The summed E-state index contributed by atoms with van der Waals surface area (Å²) in [6.45, 7) is -0.239. The van der Waals surface area contributed by atoms with Gasteiger partial charge in [0, 0.05) is 18.1 Å². The standard InChI is InChI=1S/C15H12N4O3.ClH/c20-13-10-22-15(14(21)17-11-6-8-16-9-7-11)18-19(13)12-4-2-1-3-5-12;/h1-9H,10H2,(H,16,17,21);1H. The lowest BCUT2D eigenvalue weighted by atomic mass is 10.3. The number of nitrogens with zero attached hydrogens (tertiary/aromatic N) is 3. The van der Waals surface area contributed by atoms with E-state index in [4.69, 9.17) is 4.74 Å². The quantitative estimate of drug-likeness (QED) is 0.929. The predicted octanol–water partition coefficient (Wildman–Crippen LogP) is 1.82. The van der Waals surface area contributed by atoms with Crippen molar-refractivity contribution >= 4 is 41.5 Å². The van der Waals surface area contributed by atoms with Crippen molar-refractivity contribution in [3.05, 3.63) is 54.9 Å². The summed E-state index contributed by atoms with van der Waals surface area (Å²) in [5, 5.41) is 7.76. The molecule has 0 aliphatic carbocycles. The molecule has 0 atom stereocenters. The predicted molar refractivity (Wildman–Crippen MR) is 87.4 cm³/mol. The fourth-order valence-corrected chi connectivity index (χ4v) is 1.87. The molecule has 2 amide bonds. The van der Waals surface area contributed by atoms with Crippen LogP contribution in [0.15, 0.2) is 60.0 Å². The van der Waals surface area contributed by atoms with Gasteiger partial charge in [-0.3, -0.25) is 14.6 Å². The highest BCUT2D eigenvalue weighted by molar-refractivity contribution is 6.40. The van der Waals surface area contributed by atoms with Crippen LogP contribution in [0, 0.1) is 0 Å². The van der Waals surface area contributed by atoms with Gasteiger partial charge in [-0.05, 0) is 24.3 Å². The third kappa shape index (κ3) is 3.83. The third-order valence-corrected chi connectivity index (χ3v) is 2.89. The molecule has 118 valence electrons. The minimum Gasteiger partial charge on any atom is -0.463 e. The first kappa shape index (κ1) is 16.4. The average Bonchev–Trinajstić information content (AvgIpc) is 2.57. The number of para-hydroxylation sites is 1. The van der Waals surface area contributed by atoms with Gasteiger partial charge in [-0.25, -0.2) is 0 Å². The summed E-state index contributed by atoms with van der Waals surface area (Å²) in [5.74, 6) is -1.04. The lowest BCUT2D eigenvalue weighted by molar-refractivity contribution is -0.122. The average molecular weight is 333 g/mol. The molecular formula is C15H13ClN4O3. The van der Waals surface area contributed by atoms with Gasteiger partial charge in [-0.2, -0.15) is 5.01 Å². The molecule has 1 N–H and O–H groups in total. The first-order valence-corrected chi connectivity index (χ1v) is 6.55. The molecule has 2 aromatic rings. The molecule has 0 saturated carbocycles. The summed E-state index contributed by atoms with van der Waals surface area (Å²) >= 11 is 0. The molecule has 0 radical (unpaired) electrons. The minimum atomic E-state index is -0.528. The molecule has 0 spiro atoms. The first-order valence-electron chi connectivity index (χ1n) is 6.55. The molecule has 8 heteroatoms. The summed E-state index contributed by atoms with van der Waals surface area (Å²) in [7, 11) is 0. The first-order chi connectivity index (χ1) is 10.7. The Labute approximate surface area is 138 Å². The summed E-state index contributed by atoms with van der Waals surface area (Å²) < 4.78 is 5.11. The second-order valence-electron chi connectivity index (χ2n) is 4.42. The molecule has 1 aromatic heterocycles. The van der Waals surface area contributed by atoms with Gasteiger partial charge < -0.3 is 10.1 Å². The zero-order valence-electron chi connectivity index (χ0n) is 11.9. The van der Waals surface area contributed by atoms with Crippen molar-refractivity contribution in [1.82, 2.24) is 4.98 Å². The Balaban J connectivity index is 0.00000192. The molecule has 0 fully saturated rings. The highest BCUT2D eigenvalue weighted by atomic mass is 35.5. The van der Waals surface area contributed by atoms with Crippen LogP contribution in [-0.4, -0.2) is 29.3 Å². The van der Waals surface area contributed by atoms with E-state index >= 15 is 0 Å². The molecular weight excluding hydrogens is 320 g/mol. The van der Waals surface area contributed by atoms with E-state index in [9.17, 15) is 9.59 Å². The van der Waals surface area contributed by atoms with Gasteiger partial charge in [-0.15, -0.1) is 17.5 Å². The number of hydrogen-bond donors (Lipinski definition) is 1. The van der Waals surface area contributed by atoms with Crippen LogP contribution in [-0.2, 0) is 14.3 Å². The van der Waals surface area contributed by atoms with E-state index < -0.39 is 5.91 Å². The number of benzene rings is 1. The molecule has 0 bridgehead atoms. The Morgan fingerprint density at radius 2 is 1.83 bits per heavy atom. The number of aromatic nitrogens is 1. The van der Waals surface area contributed by atoms with Crippen LogP contribution in [0.5, 0.6) is 0 Å². The van der Waals surface area contributed by atoms with Crippen LogP contribution in [0.2, 0.25) is 0 Å². The number of hydrogen-bond acceptors (Lipinski definition) is 5. The van der Waals surface area contributed by atoms with Gasteiger partial charge >= 0.3 is 5.91 Å². The van der Waals surface area contributed by atoms with E-state index in [0.29, 0.717) is 11.4 Å². The number of anilines is 2. The second kappa shape index (κ2) is 7.37. The Bertz CT molecular complexity index is 722. The molecule has 1 aliphatic rings. The van der Waals surface area contributed by atoms with E-state index in [1.807, 2.05) is 6.07 Å². The number of hydrazone groups is 1. The molecule has 3 rings (SSSR count). The van der Waals surface area contributed by atoms with Crippen molar-refractivity contribution in [3.8, 4) is 0 Å². The van der Waals surface area contributed by atoms with E-state index in [1.54, 1.807) is 48.8 Å². The number of pyridine rings is 1. The number of carbonyl (C=O) groups is 2. The van der Waals surface area contributed by atoms with E-state index in [1.165, 1.54) is 0 Å². The van der Waals surface area contributed by atoms with Gasteiger partial charge in [-0.1, -0.05) is 18.2 Å². The summed E-state index contributed by atoms with van der Waals surface area (Å²) in [5.41, 5.74) is 1.14. The Morgan fingerprint density at radius 1 is 1.13 bits per heavy atom. The Morgan fingerprint density at radius 3 is 2.52 bits per heavy atom. The van der Waals surface area contributed by atoms with E-state index in [2.05, 4.69) is 15.4 Å². The van der Waals surface area contributed by atoms with Gasteiger partial charge in [0.2, 0.25) is 0 Å². The lowest BCUT2D eigenvalue weighted by Crippen LogP contribution is -2.40. The van der Waals surface area contributed by atoms with E-state index in [0.717, 1.165) is 5.01 Å². The molecule has 2 heterocycles. The molecule has 0 unspecified atom stereocenters. The third-order valence-electron chi connectivity index (χ3n) is 2.89. The van der Waals surface area contributed by atoms with Gasteiger partial charge in [0.15, 0.2) is 6.61 Å². The number of ether oxygens (including phenoxy) is 1. The van der Waals surface area contributed by atoms with E-state index in [-0.39, 0.29) is 30.8 Å². The van der Waals surface area contributed by atoms with Crippen molar-refractivity contribution < 1.29 is 14.3 Å². The minimum absolute atomic E-state index is 0. The highest BCUT2D eigenvalue weighted by Gasteiger charge is 2.27. The van der Waals surface area contributed by atoms with Crippen LogP contribution < -0.4 is 10.3 Å². The van der Waals surface area contributed by atoms with Crippen LogP contribution in [0.25, 0.3) is 0 Å². The fraction of sp³-hybridized carbons (Fsp3) is 0.0667. The zero-order valence-corrected chi connectivity index (χ0v) is 12.7. The molecule has 23 heavy (non-hydrogen) atoms. The molecule has 7 nitrogen and oxygen atoms in total. The molecule has 0 saturated heterocycles. The number of halogens is 1. The maximum Gasteiger partial charge on any atom is 0.312 e.